The predicted molar refractivity (Wildman–Crippen MR) is 125 cm³/mol. The Bertz CT molecular complexity index is 983. The van der Waals surface area contributed by atoms with Gasteiger partial charge in [-0.15, -0.1) is 0 Å². The van der Waals surface area contributed by atoms with Gasteiger partial charge in [0.1, 0.15) is 11.9 Å². The number of benzene rings is 1. The van der Waals surface area contributed by atoms with E-state index in [2.05, 4.69) is 10.3 Å². The Kier molecular flexibility index (Phi) is 8.41. The second-order valence-corrected chi connectivity index (χ2v) is 8.85. The van der Waals surface area contributed by atoms with Crippen LogP contribution in [0, 0.1) is 5.92 Å². The number of nitrogens with zero attached hydrogens (tertiary/aromatic N) is 3. The fourth-order valence-corrected chi connectivity index (χ4v) is 3.94. The zero-order valence-corrected chi connectivity index (χ0v) is 19.9. The van der Waals surface area contributed by atoms with Gasteiger partial charge in [-0.25, -0.2) is 4.98 Å². The Hall–Kier alpha value is -2.81. The molecule has 0 bridgehead atoms. The average Bonchev–Trinajstić information content (AvgIpc) is 3.08. The SMILES string of the molecule is CCC(C)C(NC(=O)c1ccc(Cl)cc1)C(=O)N1CCCN(c2ccc(C(F)(F)F)cn2)CC1. The normalized spacial score (nSPS) is 16.5. The molecule has 3 rings (SSSR count). The minimum atomic E-state index is -4.44. The molecule has 1 aliphatic heterocycles. The molecule has 34 heavy (non-hydrogen) atoms. The number of anilines is 1. The van der Waals surface area contributed by atoms with Gasteiger partial charge in [0, 0.05) is 43.0 Å². The highest BCUT2D eigenvalue weighted by molar-refractivity contribution is 6.30. The molecular formula is C24H28ClF3N4O2. The smallest absolute Gasteiger partial charge is 0.355 e. The first-order valence-corrected chi connectivity index (χ1v) is 11.6. The van der Waals surface area contributed by atoms with Crippen molar-refractivity contribution in [2.45, 2.75) is 38.9 Å². The van der Waals surface area contributed by atoms with E-state index in [-0.39, 0.29) is 17.7 Å². The van der Waals surface area contributed by atoms with Gasteiger partial charge in [0.05, 0.1) is 5.56 Å². The summed E-state index contributed by atoms with van der Waals surface area (Å²) >= 11 is 5.90. The quantitative estimate of drug-likeness (QED) is 0.633. The Morgan fingerprint density at radius 3 is 2.38 bits per heavy atom. The van der Waals surface area contributed by atoms with Crippen LogP contribution in [0.2, 0.25) is 5.02 Å². The summed E-state index contributed by atoms with van der Waals surface area (Å²) in [6.07, 6.45) is -2.27. The molecule has 2 aromatic rings. The molecule has 1 aliphatic rings. The first-order chi connectivity index (χ1) is 16.1. The van der Waals surface area contributed by atoms with Crippen LogP contribution in [0.25, 0.3) is 0 Å². The number of alkyl halides is 3. The summed E-state index contributed by atoms with van der Waals surface area (Å²) in [6, 6.07) is 8.14. The van der Waals surface area contributed by atoms with Gasteiger partial charge in [-0.2, -0.15) is 13.2 Å². The molecule has 1 N–H and O–H groups in total. The van der Waals surface area contributed by atoms with Crippen molar-refractivity contribution in [3.63, 3.8) is 0 Å². The lowest BCUT2D eigenvalue weighted by Gasteiger charge is -2.30. The molecule has 0 aliphatic carbocycles. The van der Waals surface area contributed by atoms with Crippen LogP contribution in [0.15, 0.2) is 42.6 Å². The molecule has 0 radical (unpaired) electrons. The number of rotatable bonds is 6. The maximum Gasteiger partial charge on any atom is 0.417 e. The molecule has 6 nitrogen and oxygen atoms in total. The summed E-state index contributed by atoms with van der Waals surface area (Å²) in [4.78, 5) is 33.7. The summed E-state index contributed by atoms with van der Waals surface area (Å²) in [7, 11) is 0. The fourth-order valence-electron chi connectivity index (χ4n) is 3.81. The van der Waals surface area contributed by atoms with E-state index in [1.165, 1.54) is 6.07 Å². The topological polar surface area (TPSA) is 65.5 Å². The van der Waals surface area contributed by atoms with Crippen molar-refractivity contribution >= 4 is 29.2 Å². The van der Waals surface area contributed by atoms with E-state index in [1.807, 2.05) is 18.7 Å². The van der Waals surface area contributed by atoms with Gasteiger partial charge in [-0.1, -0.05) is 31.9 Å². The Balaban J connectivity index is 1.68. The van der Waals surface area contributed by atoms with E-state index in [1.54, 1.807) is 29.2 Å². The van der Waals surface area contributed by atoms with E-state index < -0.39 is 17.8 Å². The molecule has 0 spiro atoms. The summed E-state index contributed by atoms with van der Waals surface area (Å²) in [5, 5.41) is 3.39. The van der Waals surface area contributed by atoms with Crippen LogP contribution in [0.4, 0.5) is 19.0 Å². The van der Waals surface area contributed by atoms with Crippen LogP contribution in [0.1, 0.15) is 42.6 Å². The van der Waals surface area contributed by atoms with Gasteiger partial charge in [0.2, 0.25) is 5.91 Å². The fraction of sp³-hybridized carbons (Fsp3) is 0.458. The summed E-state index contributed by atoms with van der Waals surface area (Å²) in [5.41, 5.74) is -0.378. The number of carbonyl (C=O) groups is 2. The number of pyridine rings is 1. The molecule has 1 aromatic carbocycles. The molecule has 1 aromatic heterocycles. The van der Waals surface area contributed by atoms with Crippen LogP contribution >= 0.6 is 11.6 Å². The monoisotopic (exact) mass is 496 g/mol. The van der Waals surface area contributed by atoms with E-state index in [4.69, 9.17) is 11.6 Å². The average molecular weight is 497 g/mol. The van der Waals surface area contributed by atoms with Crippen LogP contribution in [0.5, 0.6) is 0 Å². The van der Waals surface area contributed by atoms with E-state index in [0.29, 0.717) is 55.4 Å². The van der Waals surface area contributed by atoms with Crippen LogP contribution < -0.4 is 10.2 Å². The van der Waals surface area contributed by atoms with Crippen LogP contribution in [-0.4, -0.2) is 53.9 Å². The van der Waals surface area contributed by atoms with Crippen molar-refractivity contribution in [3.05, 3.63) is 58.7 Å². The lowest BCUT2D eigenvalue weighted by atomic mass is 9.97. The van der Waals surface area contributed by atoms with E-state index >= 15 is 0 Å². The van der Waals surface area contributed by atoms with Crippen LogP contribution in [0.3, 0.4) is 0 Å². The van der Waals surface area contributed by atoms with Crippen molar-refractivity contribution in [1.29, 1.82) is 0 Å². The van der Waals surface area contributed by atoms with Crippen molar-refractivity contribution in [1.82, 2.24) is 15.2 Å². The third-order valence-corrected chi connectivity index (χ3v) is 6.33. The van der Waals surface area contributed by atoms with E-state index in [9.17, 15) is 22.8 Å². The molecule has 184 valence electrons. The molecule has 1 fully saturated rings. The molecule has 2 amide bonds. The molecule has 10 heteroatoms. The molecule has 2 heterocycles. The first-order valence-electron chi connectivity index (χ1n) is 11.2. The van der Waals surface area contributed by atoms with Crippen LogP contribution in [-0.2, 0) is 11.0 Å². The molecule has 0 saturated carbocycles. The second-order valence-electron chi connectivity index (χ2n) is 8.41. The van der Waals surface area contributed by atoms with Gasteiger partial charge in [-0.3, -0.25) is 9.59 Å². The Morgan fingerprint density at radius 2 is 1.79 bits per heavy atom. The van der Waals surface area contributed by atoms with Gasteiger partial charge >= 0.3 is 6.18 Å². The number of carbonyl (C=O) groups excluding carboxylic acids is 2. The number of amides is 2. The minimum absolute atomic E-state index is 0.0836. The third kappa shape index (κ3) is 6.40. The summed E-state index contributed by atoms with van der Waals surface area (Å²) < 4.78 is 38.5. The summed E-state index contributed by atoms with van der Waals surface area (Å²) in [6.45, 7) is 5.74. The maximum atomic E-state index is 13.4. The lowest BCUT2D eigenvalue weighted by molar-refractivity contribution is -0.138. The number of nitrogens with one attached hydrogen (secondary N) is 1. The van der Waals surface area contributed by atoms with Gasteiger partial charge < -0.3 is 15.1 Å². The highest BCUT2D eigenvalue weighted by Crippen LogP contribution is 2.29. The van der Waals surface area contributed by atoms with Gasteiger partial charge in [0.25, 0.3) is 5.91 Å². The van der Waals surface area contributed by atoms with Crippen molar-refractivity contribution in [2.24, 2.45) is 5.92 Å². The Morgan fingerprint density at radius 1 is 1.09 bits per heavy atom. The predicted octanol–water partition coefficient (Wildman–Crippen LogP) is 4.64. The second kappa shape index (κ2) is 11.1. The molecule has 1 saturated heterocycles. The lowest BCUT2D eigenvalue weighted by Crippen LogP contribution is -2.52. The van der Waals surface area contributed by atoms with Crippen molar-refractivity contribution < 1.29 is 22.8 Å². The Labute approximate surface area is 202 Å². The third-order valence-electron chi connectivity index (χ3n) is 6.08. The molecule has 2 unspecified atom stereocenters. The van der Waals surface area contributed by atoms with Gasteiger partial charge in [0.15, 0.2) is 0 Å². The number of aromatic nitrogens is 1. The van der Waals surface area contributed by atoms with E-state index in [0.717, 1.165) is 12.3 Å². The zero-order valence-electron chi connectivity index (χ0n) is 19.1. The standard InChI is InChI=1S/C24H28ClF3N4O2/c1-3-16(2)21(30-22(33)17-5-8-19(25)9-6-17)23(34)32-12-4-11-31(13-14-32)20-10-7-18(15-29-20)24(26,27)28/h5-10,15-16,21H,3-4,11-14H2,1-2H3,(H,30,33). The minimum Gasteiger partial charge on any atom is -0.355 e. The number of hydrogen-bond acceptors (Lipinski definition) is 4. The van der Waals surface area contributed by atoms with Gasteiger partial charge in [-0.05, 0) is 48.7 Å². The largest absolute Gasteiger partial charge is 0.417 e. The number of halogens is 4. The highest BCUT2D eigenvalue weighted by atomic mass is 35.5. The first kappa shape index (κ1) is 25.8. The molecule has 2 atom stereocenters. The zero-order chi connectivity index (χ0) is 24.9. The maximum absolute atomic E-state index is 13.4. The van der Waals surface area contributed by atoms with Crippen molar-refractivity contribution in [2.75, 3.05) is 31.1 Å². The highest BCUT2D eigenvalue weighted by Gasteiger charge is 2.33. The van der Waals surface area contributed by atoms with Crippen molar-refractivity contribution in [3.8, 4) is 0 Å². The number of hydrogen-bond donors (Lipinski definition) is 1. The summed E-state index contributed by atoms with van der Waals surface area (Å²) in [5.74, 6) is -0.156. The molecular weight excluding hydrogens is 469 g/mol.